The molecule has 1 aliphatic rings. The summed E-state index contributed by atoms with van der Waals surface area (Å²) in [7, 11) is 1.61. The highest BCUT2D eigenvalue weighted by Gasteiger charge is 2.19. The van der Waals surface area contributed by atoms with Crippen LogP contribution in [0.4, 0.5) is 0 Å². The molecule has 1 heterocycles. The van der Waals surface area contributed by atoms with Gasteiger partial charge in [-0.3, -0.25) is 9.69 Å². The van der Waals surface area contributed by atoms with Crippen molar-refractivity contribution in [2.45, 2.75) is 13.1 Å². The molecule has 0 saturated heterocycles. The van der Waals surface area contributed by atoms with Crippen molar-refractivity contribution < 1.29 is 9.53 Å². The number of carbonyl (C=O) groups is 1. The molecule has 0 aromatic heterocycles. The lowest BCUT2D eigenvalue weighted by Gasteiger charge is -2.12. The summed E-state index contributed by atoms with van der Waals surface area (Å²) in [6.07, 6.45) is 1.59. The van der Waals surface area contributed by atoms with Gasteiger partial charge in [-0.05, 0) is 23.3 Å². The van der Waals surface area contributed by atoms with Crippen molar-refractivity contribution in [2.24, 2.45) is 5.10 Å². The van der Waals surface area contributed by atoms with E-state index in [-0.39, 0.29) is 5.91 Å². The van der Waals surface area contributed by atoms with Gasteiger partial charge in [0, 0.05) is 18.7 Å². The SMILES string of the molecule is COc1ccccc1/C=N\NC(=O)CN1Cc2ccccc2C1. The number of methoxy groups -OCH3 is 1. The van der Waals surface area contributed by atoms with E-state index in [1.807, 2.05) is 36.4 Å². The number of nitrogens with one attached hydrogen (secondary N) is 1. The first-order chi connectivity index (χ1) is 11.3. The van der Waals surface area contributed by atoms with Crippen LogP contribution >= 0.6 is 0 Å². The van der Waals surface area contributed by atoms with Crippen molar-refractivity contribution in [2.75, 3.05) is 13.7 Å². The van der Waals surface area contributed by atoms with Crippen LogP contribution in [0.5, 0.6) is 5.75 Å². The zero-order valence-electron chi connectivity index (χ0n) is 13.0. The molecule has 0 saturated carbocycles. The van der Waals surface area contributed by atoms with Gasteiger partial charge >= 0.3 is 0 Å². The molecule has 0 bridgehead atoms. The van der Waals surface area contributed by atoms with Crippen LogP contribution in [0.3, 0.4) is 0 Å². The van der Waals surface area contributed by atoms with Gasteiger partial charge in [0.15, 0.2) is 0 Å². The Kier molecular flexibility index (Phi) is 4.68. The first-order valence-electron chi connectivity index (χ1n) is 7.50. The first-order valence-corrected chi connectivity index (χ1v) is 7.50. The van der Waals surface area contributed by atoms with Crippen LogP contribution in [0.1, 0.15) is 16.7 Å². The Morgan fingerprint density at radius 2 is 1.83 bits per heavy atom. The number of carbonyl (C=O) groups excluding carboxylic acids is 1. The van der Waals surface area contributed by atoms with Gasteiger partial charge in [-0.2, -0.15) is 5.10 Å². The van der Waals surface area contributed by atoms with Gasteiger partial charge in [-0.25, -0.2) is 5.43 Å². The molecule has 118 valence electrons. The maximum atomic E-state index is 12.0. The van der Waals surface area contributed by atoms with Crippen molar-refractivity contribution in [3.8, 4) is 5.75 Å². The van der Waals surface area contributed by atoms with E-state index >= 15 is 0 Å². The second-order valence-corrected chi connectivity index (χ2v) is 5.45. The van der Waals surface area contributed by atoms with Gasteiger partial charge in [0.2, 0.25) is 0 Å². The van der Waals surface area contributed by atoms with Crippen LogP contribution in [0, 0.1) is 0 Å². The van der Waals surface area contributed by atoms with Gasteiger partial charge in [-0.1, -0.05) is 36.4 Å². The van der Waals surface area contributed by atoms with E-state index in [9.17, 15) is 4.79 Å². The molecule has 1 aliphatic heterocycles. The van der Waals surface area contributed by atoms with E-state index in [1.165, 1.54) is 11.1 Å². The van der Waals surface area contributed by atoms with Crippen LogP contribution in [-0.4, -0.2) is 30.7 Å². The van der Waals surface area contributed by atoms with Crippen molar-refractivity contribution >= 4 is 12.1 Å². The summed E-state index contributed by atoms with van der Waals surface area (Å²) in [4.78, 5) is 14.1. The van der Waals surface area contributed by atoms with E-state index in [1.54, 1.807) is 13.3 Å². The monoisotopic (exact) mass is 309 g/mol. The average molecular weight is 309 g/mol. The minimum atomic E-state index is -0.121. The molecule has 1 N–H and O–H groups in total. The van der Waals surface area contributed by atoms with E-state index in [0.29, 0.717) is 6.54 Å². The van der Waals surface area contributed by atoms with Crippen molar-refractivity contribution in [1.29, 1.82) is 0 Å². The van der Waals surface area contributed by atoms with E-state index in [0.717, 1.165) is 24.4 Å². The number of nitrogens with zero attached hydrogens (tertiary/aromatic N) is 2. The molecule has 2 aromatic rings. The lowest BCUT2D eigenvalue weighted by atomic mass is 10.1. The topological polar surface area (TPSA) is 53.9 Å². The normalized spacial score (nSPS) is 14.0. The quantitative estimate of drug-likeness (QED) is 0.680. The fourth-order valence-electron chi connectivity index (χ4n) is 2.70. The smallest absolute Gasteiger partial charge is 0.254 e. The van der Waals surface area contributed by atoms with E-state index in [4.69, 9.17) is 4.74 Å². The molecule has 23 heavy (non-hydrogen) atoms. The van der Waals surface area contributed by atoms with Gasteiger partial charge in [-0.15, -0.1) is 0 Å². The van der Waals surface area contributed by atoms with Gasteiger partial charge in [0.1, 0.15) is 5.75 Å². The predicted molar refractivity (Wildman–Crippen MR) is 89.3 cm³/mol. The molecule has 0 radical (unpaired) electrons. The Bertz CT molecular complexity index is 703. The minimum Gasteiger partial charge on any atom is -0.496 e. The lowest BCUT2D eigenvalue weighted by molar-refractivity contribution is -0.122. The molecule has 0 fully saturated rings. The summed E-state index contributed by atoms with van der Waals surface area (Å²) >= 11 is 0. The van der Waals surface area contributed by atoms with Crippen LogP contribution < -0.4 is 10.2 Å². The van der Waals surface area contributed by atoms with E-state index in [2.05, 4.69) is 27.6 Å². The lowest BCUT2D eigenvalue weighted by Crippen LogP contribution is -2.32. The summed E-state index contributed by atoms with van der Waals surface area (Å²) in [5.74, 6) is 0.601. The van der Waals surface area contributed by atoms with Crippen LogP contribution in [0.25, 0.3) is 0 Å². The van der Waals surface area contributed by atoms with Crippen LogP contribution in [0.15, 0.2) is 53.6 Å². The van der Waals surface area contributed by atoms with Crippen molar-refractivity contribution in [3.63, 3.8) is 0 Å². The Hall–Kier alpha value is -2.66. The molecule has 0 aliphatic carbocycles. The molecule has 5 nitrogen and oxygen atoms in total. The predicted octanol–water partition coefficient (Wildman–Crippen LogP) is 2.16. The molecular formula is C18H19N3O2. The Balaban J connectivity index is 1.52. The Labute approximate surface area is 135 Å². The van der Waals surface area contributed by atoms with Crippen LogP contribution in [0.2, 0.25) is 0 Å². The zero-order valence-corrected chi connectivity index (χ0v) is 13.0. The molecule has 0 spiro atoms. The zero-order chi connectivity index (χ0) is 16.1. The molecule has 2 aromatic carbocycles. The third-order valence-electron chi connectivity index (χ3n) is 3.81. The summed E-state index contributed by atoms with van der Waals surface area (Å²) in [5, 5.41) is 4.01. The number of hydrazone groups is 1. The number of rotatable bonds is 5. The Morgan fingerprint density at radius 3 is 2.52 bits per heavy atom. The molecule has 3 rings (SSSR count). The molecule has 5 heteroatoms. The third kappa shape index (κ3) is 3.76. The summed E-state index contributed by atoms with van der Waals surface area (Å²) in [6.45, 7) is 1.94. The highest BCUT2D eigenvalue weighted by atomic mass is 16.5. The van der Waals surface area contributed by atoms with Crippen LogP contribution in [-0.2, 0) is 17.9 Å². The highest BCUT2D eigenvalue weighted by molar-refractivity contribution is 5.85. The number of fused-ring (bicyclic) bond motifs is 1. The first kappa shape index (κ1) is 15.2. The number of hydrogen-bond donors (Lipinski definition) is 1. The minimum absolute atomic E-state index is 0.121. The highest BCUT2D eigenvalue weighted by Crippen LogP contribution is 2.21. The fourth-order valence-corrected chi connectivity index (χ4v) is 2.70. The molecule has 0 atom stereocenters. The molecular weight excluding hydrogens is 290 g/mol. The summed E-state index contributed by atoms with van der Waals surface area (Å²) in [6, 6.07) is 15.8. The van der Waals surface area contributed by atoms with Gasteiger partial charge in [0.25, 0.3) is 5.91 Å². The number of benzene rings is 2. The number of hydrogen-bond acceptors (Lipinski definition) is 4. The van der Waals surface area contributed by atoms with E-state index < -0.39 is 0 Å². The second kappa shape index (κ2) is 7.07. The summed E-state index contributed by atoms with van der Waals surface area (Å²) < 4.78 is 5.23. The van der Waals surface area contributed by atoms with Gasteiger partial charge in [0.05, 0.1) is 19.9 Å². The summed E-state index contributed by atoms with van der Waals surface area (Å²) in [5.41, 5.74) is 5.97. The second-order valence-electron chi connectivity index (χ2n) is 5.45. The number of ether oxygens (including phenoxy) is 1. The number of para-hydroxylation sites is 1. The molecule has 1 amide bonds. The standard InChI is InChI=1S/C18H19N3O2/c1-23-17-9-5-4-6-14(17)10-19-20-18(22)13-21-11-15-7-2-3-8-16(15)12-21/h2-10H,11-13H2,1H3,(H,20,22)/b19-10-. The maximum Gasteiger partial charge on any atom is 0.254 e. The third-order valence-corrected chi connectivity index (χ3v) is 3.81. The largest absolute Gasteiger partial charge is 0.496 e. The number of amides is 1. The van der Waals surface area contributed by atoms with Crippen molar-refractivity contribution in [1.82, 2.24) is 10.3 Å². The van der Waals surface area contributed by atoms with Gasteiger partial charge < -0.3 is 4.74 Å². The van der Waals surface area contributed by atoms with Crippen molar-refractivity contribution in [3.05, 3.63) is 65.2 Å². The fraction of sp³-hybridized carbons (Fsp3) is 0.222. The Morgan fingerprint density at radius 1 is 1.17 bits per heavy atom. The maximum absolute atomic E-state index is 12.0. The average Bonchev–Trinajstić information content (AvgIpc) is 2.97. The molecule has 0 unspecified atom stereocenters.